The fourth-order valence-corrected chi connectivity index (χ4v) is 3.77. The van der Waals surface area contributed by atoms with Gasteiger partial charge in [-0.05, 0) is 37.2 Å². The van der Waals surface area contributed by atoms with Crippen molar-refractivity contribution in [2.75, 3.05) is 32.7 Å². The van der Waals surface area contributed by atoms with Crippen LogP contribution in [-0.4, -0.2) is 56.3 Å². The highest BCUT2D eigenvalue weighted by atomic mass is 32.2. The lowest BCUT2D eigenvalue weighted by atomic mass is 10.2. The van der Waals surface area contributed by atoms with E-state index in [9.17, 15) is 17.6 Å². The number of sulfonamides is 1. The van der Waals surface area contributed by atoms with Gasteiger partial charge < -0.3 is 10.6 Å². The number of carbonyl (C=O) groups excluding carboxylic acids is 1. The largest absolute Gasteiger partial charge is 0.340 e. The SMILES string of the molecule is NCCCC(=O)N1CCN(S(=O)(=O)c2ccc(F)cc2)CC1. The molecule has 1 aliphatic heterocycles. The van der Waals surface area contributed by atoms with Gasteiger partial charge in [0.25, 0.3) is 0 Å². The number of hydrogen-bond acceptors (Lipinski definition) is 4. The first-order valence-electron chi connectivity index (χ1n) is 7.18. The van der Waals surface area contributed by atoms with Crippen LogP contribution < -0.4 is 5.73 Å². The second-order valence-electron chi connectivity index (χ2n) is 5.13. The number of benzene rings is 1. The topological polar surface area (TPSA) is 83.7 Å². The van der Waals surface area contributed by atoms with Gasteiger partial charge in [0, 0.05) is 32.6 Å². The highest BCUT2D eigenvalue weighted by Crippen LogP contribution is 2.18. The van der Waals surface area contributed by atoms with Crippen molar-refractivity contribution >= 4 is 15.9 Å². The highest BCUT2D eigenvalue weighted by Gasteiger charge is 2.29. The van der Waals surface area contributed by atoms with E-state index in [0.29, 0.717) is 32.5 Å². The lowest BCUT2D eigenvalue weighted by molar-refractivity contribution is -0.132. The Kier molecular flexibility index (Phi) is 5.49. The summed E-state index contributed by atoms with van der Waals surface area (Å²) in [7, 11) is -3.64. The Hall–Kier alpha value is -1.51. The number of amides is 1. The summed E-state index contributed by atoms with van der Waals surface area (Å²) in [5.41, 5.74) is 5.38. The lowest BCUT2D eigenvalue weighted by Gasteiger charge is -2.34. The summed E-state index contributed by atoms with van der Waals surface area (Å²) in [5.74, 6) is -0.474. The van der Waals surface area contributed by atoms with Crippen LogP contribution in [0.5, 0.6) is 0 Å². The van der Waals surface area contributed by atoms with Gasteiger partial charge in [-0.1, -0.05) is 0 Å². The zero-order valence-corrected chi connectivity index (χ0v) is 13.1. The number of nitrogens with two attached hydrogens (primary N) is 1. The molecule has 0 aromatic heterocycles. The number of carbonyl (C=O) groups is 1. The van der Waals surface area contributed by atoms with Crippen molar-refractivity contribution in [1.29, 1.82) is 0 Å². The van der Waals surface area contributed by atoms with E-state index >= 15 is 0 Å². The molecule has 0 unspecified atom stereocenters. The molecule has 2 rings (SSSR count). The van der Waals surface area contributed by atoms with E-state index in [-0.39, 0.29) is 23.9 Å². The minimum Gasteiger partial charge on any atom is -0.340 e. The molecule has 8 heteroatoms. The Morgan fingerprint density at radius 1 is 1.14 bits per heavy atom. The number of nitrogens with zero attached hydrogens (tertiary/aromatic N) is 2. The van der Waals surface area contributed by atoms with E-state index in [1.54, 1.807) is 4.90 Å². The quantitative estimate of drug-likeness (QED) is 0.847. The smallest absolute Gasteiger partial charge is 0.243 e. The summed E-state index contributed by atoms with van der Waals surface area (Å²) in [6, 6.07) is 4.76. The molecular formula is C14H20FN3O3S. The van der Waals surface area contributed by atoms with Crippen LogP contribution in [0.4, 0.5) is 4.39 Å². The maximum absolute atomic E-state index is 12.9. The third-order valence-corrected chi connectivity index (χ3v) is 5.55. The molecule has 1 aliphatic rings. The van der Waals surface area contributed by atoms with Crippen LogP contribution in [0.2, 0.25) is 0 Å². The molecule has 0 aliphatic carbocycles. The predicted octanol–water partition coefficient (Wildman–Crippen LogP) is 0.398. The van der Waals surface area contributed by atoms with Gasteiger partial charge in [-0.15, -0.1) is 0 Å². The third-order valence-electron chi connectivity index (χ3n) is 3.64. The molecule has 0 atom stereocenters. The normalized spacial score (nSPS) is 16.7. The second kappa shape index (κ2) is 7.17. The van der Waals surface area contributed by atoms with E-state index in [1.165, 1.54) is 16.4 Å². The van der Waals surface area contributed by atoms with Crippen molar-refractivity contribution in [3.8, 4) is 0 Å². The minimum absolute atomic E-state index is 0.00396. The molecule has 1 amide bonds. The molecule has 1 aromatic rings. The van der Waals surface area contributed by atoms with E-state index < -0.39 is 15.8 Å². The predicted molar refractivity (Wildman–Crippen MR) is 80.0 cm³/mol. The Bertz CT molecular complexity index is 611. The Morgan fingerprint density at radius 2 is 1.73 bits per heavy atom. The molecular weight excluding hydrogens is 309 g/mol. The molecule has 1 aromatic carbocycles. The van der Waals surface area contributed by atoms with E-state index in [2.05, 4.69) is 0 Å². The molecule has 1 fully saturated rings. The van der Waals surface area contributed by atoms with E-state index in [0.717, 1.165) is 12.1 Å². The Balaban J connectivity index is 1.98. The van der Waals surface area contributed by atoms with Gasteiger partial charge in [0.05, 0.1) is 4.90 Å². The molecule has 1 saturated heterocycles. The number of piperazine rings is 1. The summed E-state index contributed by atoms with van der Waals surface area (Å²) < 4.78 is 39.1. The van der Waals surface area contributed by atoms with Gasteiger partial charge in [-0.25, -0.2) is 12.8 Å². The van der Waals surface area contributed by atoms with Crippen molar-refractivity contribution in [3.63, 3.8) is 0 Å². The molecule has 0 radical (unpaired) electrons. The van der Waals surface area contributed by atoms with Crippen molar-refractivity contribution < 1.29 is 17.6 Å². The Labute approximate surface area is 129 Å². The summed E-state index contributed by atoms with van der Waals surface area (Å²) in [6.45, 7) is 1.68. The number of halogens is 1. The van der Waals surface area contributed by atoms with Crippen molar-refractivity contribution in [1.82, 2.24) is 9.21 Å². The molecule has 6 nitrogen and oxygen atoms in total. The first kappa shape index (κ1) is 16.9. The van der Waals surface area contributed by atoms with Crippen LogP contribution >= 0.6 is 0 Å². The number of hydrogen-bond donors (Lipinski definition) is 1. The maximum Gasteiger partial charge on any atom is 0.243 e. The lowest BCUT2D eigenvalue weighted by Crippen LogP contribution is -2.50. The Morgan fingerprint density at radius 3 is 2.27 bits per heavy atom. The van der Waals surface area contributed by atoms with Crippen LogP contribution in [0.3, 0.4) is 0 Å². The monoisotopic (exact) mass is 329 g/mol. The highest BCUT2D eigenvalue weighted by molar-refractivity contribution is 7.89. The zero-order chi connectivity index (χ0) is 16.2. The van der Waals surface area contributed by atoms with Crippen LogP contribution in [0.25, 0.3) is 0 Å². The first-order chi connectivity index (χ1) is 10.4. The van der Waals surface area contributed by atoms with Crippen molar-refractivity contribution in [3.05, 3.63) is 30.1 Å². The summed E-state index contributed by atoms with van der Waals surface area (Å²) in [4.78, 5) is 13.6. The van der Waals surface area contributed by atoms with Gasteiger partial charge in [0.1, 0.15) is 5.82 Å². The molecule has 0 saturated carbocycles. The van der Waals surface area contributed by atoms with Crippen LogP contribution in [0.1, 0.15) is 12.8 Å². The third kappa shape index (κ3) is 3.82. The first-order valence-corrected chi connectivity index (χ1v) is 8.62. The molecule has 2 N–H and O–H groups in total. The molecule has 0 spiro atoms. The van der Waals surface area contributed by atoms with Crippen molar-refractivity contribution in [2.24, 2.45) is 5.73 Å². The minimum atomic E-state index is -3.64. The van der Waals surface area contributed by atoms with Crippen LogP contribution in [0.15, 0.2) is 29.2 Å². The standard InChI is InChI=1S/C14H20FN3O3S/c15-12-3-5-13(6-4-12)22(20,21)18-10-8-17(9-11-18)14(19)2-1-7-16/h3-6H,1-2,7-11,16H2. The molecule has 1 heterocycles. The zero-order valence-electron chi connectivity index (χ0n) is 12.2. The van der Waals surface area contributed by atoms with Gasteiger partial charge in [-0.2, -0.15) is 4.31 Å². The van der Waals surface area contributed by atoms with Crippen molar-refractivity contribution in [2.45, 2.75) is 17.7 Å². The summed E-state index contributed by atoms with van der Waals surface area (Å²) >= 11 is 0. The molecule has 0 bridgehead atoms. The molecule has 122 valence electrons. The van der Waals surface area contributed by atoms with Gasteiger partial charge in [0.2, 0.25) is 15.9 Å². The van der Waals surface area contributed by atoms with Crippen LogP contribution in [-0.2, 0) is 14.8 Å². The van der Waals surface area contributed by atoms with Crippen LogP contribution in [0, 0.1) is 5.82 Å². The van der Waals surface area contributed by atoms with Gasteiger partial charge >= 0.3 is 0 Å². The fourth-order valence-electron chi connectivity index (χ4n) is 2.34. The van der Waals surface area contributed by atoms with E-state index in [4.69, 9.17) is 5.73 Å². The summed E-state index contributed by atoms with van der Waals surface area (Å²) in [6.07, 6.45) is 1.02. The fraction of sp³-hybridized carbons (Fsp3) is 0.500. The summed E-state index contributed by atoms with van der Waals surface area (Å²) in [5, 5.41) is 0. The van der Waals surface area contributed by atoms with E-state index in [1.807, 2.05) is 0 Å². The number of rotatable bonds is 5. The average molecular weight is 329 g/mol. The van der Waals surface area contributed by atoms with Gasteiger partial charge in [-0.3, -0.25) is 4.79 Å². The molecule has 22 heavy (non-hydrogen) atoms. The maximum atomic E-state index is 12.9. The second-order valence-corrected chi connectivity index (χ2v) is 7.07. The average Bonchev–Trinajstić information content (AvgIpc) is 2.53. The van der Waals surface area contributed by atoms with Gasteiger partial charge in [0.15, 0.2) is 0 Å².